The van der Waals surface area contributed by atoms with E-state index in [1.54, 1.807) is 0 Å². The topological polar surface area (TPSA) is 28.2 Å². The Morgan fingerprint density at radius 2 is 1.71 bits per heavy atom. The Kier molecular flexibility index (Phi) is 4.20. The molecule has 0 spiro atoms. The van der Waals surface area contributed by atoms with E-state index in [4.69, 9.17) is 0 Å². The number of hydrogen-bond acceptors (Lipinski definition) is 3. The number of pyridine rings is 1. The first-order valence-electron chi connectivity index (χ1n) is 7.73. The summed E-state index contributed by atoms with van der Waals surface area (Å²) in [6.07, 6.45) is 4.24. The van der Waals surface area contributed by atoms with Crippen LogP contribution in [0.5, 0.6) is 0 Å². The van der Waals surface area contributed by atoms with E-state index in [1.807, 2.05) is 13.2 Å². The van der Waals surface area contributed by atoms with Crippen molar-refractivity contribution < 1.29 is 0 Å². The van der Waals surface area contributed by atoms with Crippen LogP contribution in [0.2, 0.25) is 0 Å². The Bertz CT molecular complexity index is 565. The van der Waals surface area contributed by atoms with Crippen LogP contribution in [0.1, 0.15) is 29.8 Å². The molecule has 21 heavy (non-hydrogen) atoms. The maximum absolute atomic E-state index is 4.60. The van der Waals surface area contributed by atoms with Gasteiger partial charge in [-0.15, -0.1) is 0 Å². The molecule has 0 fully saturated rings. The smallest absolute Gasteiger partial charge is 0.0571 e. The average Bonchev–Trinajstić information content (AvgIpc) is 2.77. The third-order valence-electron chi connectivity index (χ3n) is 4.43. The number of benzene rings is 1. The lowest BCUT2D eigenvalue weighted by molar-refractivity contribution is 0.632. The minimum atomic E-state index is 0.299. The van der Waals surface area contributed by atoms with Crippen LogP contribution >= 0.6 is 0 Å². The monoisotopic (exact) mass is 281 g/mol. The number of nitrogens with zero attached hydrogens (tertiary/aromatic N) is 2. The molecule has 1 aliphatic rings. The molecular weight excluding hydrogens is 258 g/mol. The average molecular weight is 281 g/mol. The Labute approximate surface area is 127 Å². The first-order valence-corrected chi connectivity index (χ1v) is 7.73. The number of aromatic nitrogens is 1. The van der Waals surface area contributed by atoms with E-state index in [2.05, 4.69) is 58.5 Å². The van der Waals surface area contributed by atoms with Crippen molar-refractivity contribution in [3.05, 3.63) is 59.4 Å². The summed E-state index contributed by atoms with van der Waals surface area (Å²) in [6.45, 7) is 4.27. The fourth-order valence-corrected chi connectivity index (χ4v) is 2.91. The summed E-state index contributed by atoms with van der Waals surface area (Å²) in [5.41, 5.74) is 5.32. The van der Waals surface area contributed by atoms with Crippen LogP contribution in [0.25, 0.3) is 0 Å². The molecule has 0 bridgehead atoms. The Morgan fingerprint density at radius 1 is 1.05 bits per heavy atom. The third kappa shape index (κ3) is 3.08. The van der Waals surface area contributed by atoms with Gasteiger partial charge in [-0.1, -0.05) is 24.3 Å². The third-order valence-corrected chi connectivity index (χ3v) is 4.43. The molecule has 2 aromatic rings. The van der Waals surface area contributed by atoms with Gasteiger partial charge >= 0.3 is 0 Å². The summed E-state index contributed by atoms with van der Waals surface area (Å²) in [6, 6.07) is 13.4. The summed E-state index contributed by atoms with van der Waals surface area (Å²) in [5, 5.41) is 3.23. The number of anilines is 1. The van der Waals surface area contributed by atoms with Crippen molar-refractivity contribution in [2.45, 2.75) is 25.8 Å². The minimum Gasteiger partial charge on any atom is -0.370 e. The maximum atomic E-state index is 4.60. The second-order valence-electron chi connectivity index (χ2n) is 5.71. The molecular formula is C18H23N3. The standard InChI is InChI=1S/C18H23N3/c1-14(19-2)18-8-7-17(13-20-18)21-11-9-15-5-3-4-6-16(15)10-12-21/h3-8,13-14,19H,9-12H2,1-2H3. The molecule has 1 atom stereocenters. The minimum absolute atomic E-state index is 0.299. The van der Waals surface area contributed by atoms with Gasteiger partial charge in [0.1, 0.15) is 0 Å². The zero-order valence-corrected chi connectivity index (χ0v) is 12.8. The summed E-state index contributed by atoms with van der Waals surface area (Å²) in [5.74, 6) is 0. The molecule has 0 saturated heterocycles. The molecule has 1 aromatic heterocycles. The fourth-order valence-electron chi connectivity index (χ4n) is 2.91. The molecule has 3 nitrogen and oxygen atoms in total. The van der Waals surface area contributed by atoms with Gasteiger partial charge in [0.2, 0.25) is 0 Å². The van der Waals surface area contributed by atoms with Crippen molar-refractivity contribution in [3.63, 3.8) is 0 Å². The highest BCUT2D eigenvalue weighted by Gasteiger charge is 2.14. The summed E-state index contributed by atoms with van der Waals surface area (Å²) in [4.78, 5) is 7.05. The van der Waals surface area contributed by atoms with E-state index in [0.29, 0.717) is 6.04 Å². The predicted octanol–water partition coefficient (Wildman–Crippen LogP) is 2.97. The lowest BCUT2D eigenvalue weighted by Crippen LogP contribution is -2.26. The highest BCUT2D eigenvalue weighted by atomic mass is 15.1. The molecule has 0 saturated carbocycles. The van der Waals surface area contributed by atoms with Crippen LogP contribution in [0.3, 0.4) is 0 Å². The van der Waals surface area contributed by atoms with E-state index in [9.17, 15) is 0 Å². The zero-order valence-electron chi connectivity index (χ0n) is 12.8. The Balaban J connectivity index is 1.74. The number of fused-ring (bicyclic) bond motifs is 1. The molecule has 0 aliphatic carbocycles. The lowest BCUT2D eigenvalue weighted by Gasteiger charge is -2.22. The summed E-state index contributed by atoms with van der Waals surface area (Å²) < 4.78 is 0. The quantitative estimate of drug-likeness (QED) is 0.937. The lowest BCUT2D eigenvalue weighted by atomic mass is 10.0. The van der Waals surface area contributed by atoms with Crippen molar-refractivity contribution in [1.29, 1.82) is 0 Å². The molecule has 1 unspecified atom stereocenters. The fraction of sp³-hybridized carbons (Fsp3) is 0.389. The molecule has 3 rings (SSSR count). The van der Waals surface area contributed by atoms with Crippen molar-refractivity contribution in [2.75, 3.05) is 25.0 Å². The first kappa shape index (κ1) is 14.1. The molecule has 3 heteroatoms. The van der Waals surface area contributed by atoms with Gasteiger partial charge in [-0.05, 0) is 50.1 Å². The number of rotatable bonds is 3. The van der Waals surface area contributed by atoms with Gasteiger partial charge in [0, 0.05) is 19.1 Å². The highest BCUT2D eigenvalue weighted by molar-refractivity contribution is 5.46. The molecule has 1 aliphatic heterocycles. The predicted molar refractivity (Wildman–Crippen MR) is 87.8 cm³/mol. The van der Waals surface area contributed by atoms with E-state index < -0.39 is 0 Å². The highest BCUT2D eigenvalue weighted by Crippen LogP contribution is 2.21. The molecule has 1 aromatic carbocycles. The maximum Gasteiger partial charge on any atom is 0.0571 e. The van der Waals surface area contributed by atoms with Gasteiger partial charge in [-0.3, -0.25) is 4.98 Å². The van der Waals surface area contributed by atoms with Crippen molar-refractivity contribution in [1.82, 2.24) is 10.3 Å². The Hall–Kier alpha value is -1.87. The van der Waals surface area contributed by atoms with Gasteiger partial charge < -0.3 is 10.2 Å². The van der Waals surface area contributed by atoms with Gasteiger partial charge in [0.25, 0.3) is 0 Å². The van der Waals surface area contributed by atoms with Gasteiger partial charge in [0.05, 0.1) is 17.6 Å². The van der Waals surface area contributed by atoms with Crippen molar-refractivity contribution in [3.8, 4) is 0 Å². The molecule has 0 amide bonds. The Morgan fingerprint density at radius 3 is 2.24 bits per heavy atom. The van der Waals surface area contributed by atoms with Gasteiger partial charge in [-0.25, -0.2) is 0 Å². The van der Waals surface area contributed by atoms with Crippen LogP contribution in [-0.4, -0.2) is 25.1 Å². The first-order chi connectivity index (χ1) is 10.3. The van der Waals surface area contributed by atoms with Gasteiger partial charge in [0.15, 0.2) is 0 Å². The second kappa shape index (κ2) is 6.27. The number of hydrogen-bond donors (Lipinski definition) is 1. The number of nitrogens with one attached hydrogen (secondary N) is 1. The van der Waals surface area contributed by atoms with E-state index in [0.717, 1.165) is 31.6 Å². The second-order valence-corrected chi connectivity index (χ2v) is 5.71. The molecule has 2 heterocycles. The van der Waals surface area contributed by atoms with E-state index in [-0.39, 0.29) is 0 Å². The van der Waals surface area contributed by atoms with Crippen LogP contribution in [0, 0.1) is 0 Å². The van der Waals surface area contributed by atoms with Crippen LogP contribution in [0.4, 0.5) is 5.69 Å². The van der Waals surface area contributed by atoms with E-state index >= 15 is 0 Å². The molecule has 1 N–H and O–H groups in total. The van der Waals surface area contributed by atoms with E-state index in [1.165, 1.54) is 16.8 Å². The van der Waals surface area contributed by atoms with Crippen molar-refractivity contribution in [2.24, 2.45) is 0 Å². The van der Waals surface area contributed by atoms with Crippen molar-refractivity contribution >= 4 is 5.69 Å². The zero-order chi connectivity index (χ0) is 14.7. The molecule has 0 radical (unpaired) electrons. The SMILES string of the molecule is CNC(C)c1ccc(N2CCc3ccccc3CC2)cn1. The summed E-state index contributed by atoms with van der Waals surface area (Å²) >= 11 is 0. The normalized spacial score (nSPS) is 16.2. The molecule has 110 valence electrons. The largest absolute Gasteiger partial charge is 0.370 e. The summed E-state index contributed by atoms with van der Waals surface area (Å²) in [7, 11) is 1.96. The van der Waals surface area contributed by atoms with Crippen LogP contribution < -0.4 is 10.2 Å². The van der Waals surface area contributed by atoms with Crippen LogP contribution in [0.15, 0.2) is 42.6 Å². The van der Waals surface area contributed by atoms with Gasteiger partial charge in [-0.2, -0.15) is 0 Å². The van der Waals surface area contributed by atoms with Crippen LogP contribution in [-0.2, 0) is 12.8 Å².